The van der Waals surface area contributed by atoms with Crippen molar-refractivity contribution in [3.8, 4) is 0 Å². The Morgan fingerprint density at radius 2 is 1.82 bits per heavy atom. The molecule has 170 valence electrons. The smallest absolute Gasteiger partial charge is 0.251 e. The quantitative estimate of drug-likeness (QED) is 0.522. The molecule has 0 unspecified atom stereocenters. The number of hydrogen-bond acceptors (Lipinski definition) is 5. The summed E-state index contributed by atoms with van der Waals surface area (Å²) in [6, 6.07) is 16.3. The van der Waals surface area contributed by atoms with Gasteiger partial charge in [-0.3, -0.25) is 19.3 Å². The second-order valence-corrected chi connectivity index (χ2v) is 10.7. The van der Waals surface area contributed by atoms with Crippen molar-refractivity contribution in [2.45, 2.75) is 29.8 Å². The number of thiophene rings is 1. The summed E-state index contributed by atoms with van der Waals surface area (Å²) in [7, 11) is 0. The summed E-state index contributed by atoms with van der Waals surface area (Å²) in [4.78, 5) is 45.5. The molecule has 6 nitrogen and oxygen atoms in total. The fraction of sp³-hybridized carbons (Fsp3) is 0.269. The number of ketones is 1. The molecule has 7 rings (SSSR count). The Morgan fingerprint density at radius 3 is 2.65 bits per heavy atom. The number of para-hydroxylation sites is 2. The standard InChI is InChI=1S/C26H20ClN3O3S/c27-16-8-3-7-15-21(16)29-24(33)26(15)25(14-6-1-2-9-17(14)28-23(25)32)20(18-10-4-12-30(18)26)22(31)19-11-5-13-34-19/h1-3,5-9,11,13,18,20H,4,10,12H2,(H,28,32)(H,29,33)/t18-,20-,25+,26+/m0/s1. The molecule has 2 aromatic carbocycles. The van der Waals surface area contributed by atoms with Gasteiger partial charge < -0.3 is 10.6 Å². The first kappa shape index (κ1) is 20.4. The van der Waals surface area contributed by atoms with Gasteiger partial charge in [-0.05, 0) is 48.5 Å². The molecule has 4 aliphatic rings. The van der Waals surface area contributed by atoms with Crippen molar-refractivity contribution in [3.05, 3.63) is 81.0 Å². The summed E-state index contributed by atoms with van der Waals surface area (Å²) in [6.45, 7) is 0.620. The number of Topliss-reactive ketones (excluding diaryl/α,β-unsaturated/α-hetero) is 1. The van der Waals surface area contributed by atoms with E-state index in [0.717, 1.165) is 12.8 Å². The Kier molecular flexibility index (Phi) is 4.06. The molecule has 2 fully saturated rings. The van der Waals surface area contributed by atoms with Gasteiger partial charge in [0.2, 0.25) is 5.91 Å². The predicted molar refractivity (Wildman–Crippen MR) is 130 cm³/mol. The normalized spacial score (nSPS) is 31.0. The Bertz CT molecular complexity index is 1410. The van der Waals surface area contributed by atoms with Crippen LogP contribution in [0.1, 0.15) is 33.6 Å². The Balaban J connectivity index is 1.62. The molecule has 0 aliphatic carbocycles. The zero-order valence-electron chi connectivity index (χ0n) is 18.0. The van der Waals surface area contributed by atoms with Crippen molar-refractivity contribution in [2.24, 2.45) is 5.92 Å². The maximum atomic E-state index is 14.3. The molecule has 8 heteroatoms. The van der Waals surface area contributed by atoms with Crippen molar-refractivity contribution in [2.75, 3.05) is 17.2 Å². The van der Waals surface area contributed by atoms with Crippen LogP contribution in [0, 0.1) is 5.92 Å². The lowest BCUT2D eigenvalue weighted by Crippen LogP contribution is -2.62. The molecule has 4 atom stereocenters. The van der Waals surface area contributed by atoms with Crippen LogP contribution in [0.5, 0.6) is 0 Å². The molecule has 34 heavy (non-hydrogen) atoms. The summed E-state index contributed by atoms with van der Waals surface area (Å²) in [5.41, 5.74) is -0.239. The van der Waals surface area contributed by atoms with E-state index in [9.17, 15) is 14.4 Å². The fourth-order valence-electron chi connectivity index (χ4n) is 7.14. The minimum atomic E-state index is -1.42. The Hall–Kier alpha value is -3.00. The van der Waals surface area contributed by atoms with Gasteiger partial charge in [0.15, 0.2) is 5.78 Å². The minimum absolute atomic E-state index is 0.0843. The number of carbonyl (C=O) groups is 3. The van der Waals surface area contributed by atoms with Crippen molar-refractivity contribution in [1.82, 2.24) is 4.90 Å². The highest BCUT2D eigenvalue weighted by atomic mass is 35.5. The van der Waals surface area contributed by atoms with Crippen molar-refractivity contribution in [3.63, 3.8) is 0 Å². The van der Waals surface area contributed by atoms with Crippen LogP contribution in [-0.2, 0) is 20.5 Å². The summed E-state index contributed by atoms with van der Waals surface area (Å²) in [5.74, 6) is -1.40. The number of rotatable bonds is 2. The number of amides is 2. The monoisotopic (exact) mass is 489 g/mol. The highest BCUT2D eigenvalue weighted by Gasteiger charge is 2.81. The van der Waals surface area contributed by atoms with E-state index in [4.69, 9.17) is 11.6 Å². The second kappa shape index (κ2) is 6.78. The third-order valence-electron chi connectivity index (χ3n) is 8.13. The van der Waals surface area contributed by atoms with E-state index in [0.29, 0.717) is 38.9 Å². The summed E-state index contributed by atoms with van der Waals surface area (Å²) in [6.07, 6.45) is 1.59. The number of benzene rings is 2. The number of halogens is 1. The highest BCUT2D eigenvalue weighted by molar-refractivity contribution is 7.12. The third kappa shape index (κ3) is 2.10. The number of nitrogens with one attached hydrogen (secondary N) is 2. The number of carbonyl (C=O) groups excluding carboxylic acids is 3. The topological polar surface area (TPSA) is 78.5 Å². The summed E-state index contributed by atoms with van der Waals surface area (Å²) >= 11 is 7.93. The number of hydrogen-bond donors (Lipinski definition) is 2. The molecule has 3 aromatic rings. The minimum Gasteiger partial charge on any atom is -0.325 e. The zero-order valence-corrected chi connectivity index (χ0v) is 19.6. The lowest BCUT2D eigenvalue weighted by atomic mass is 9.57. The first-order valence-electron chi connectivity index (χ1n) is 11.4. The van der Waals surface area contributed by atoms with Gasteiger partial charge in [-0.15, -0.1) is 11.3 Å². The first-order valence-corrected chi connectivity index (χ1v) is 12.6. The van der Waals surface area contributed by atoms with Crippen LogP contribution >= 0.6 is 22.9 Å². The van der Waals surface area contributed by atoms with E-state index in [1.807, 2.05) is 53.9 Å². The van der Waals surface area contributed by atoms with Gasteiger partial charge in [-0.1, -0.05) is 48.0 Å². The molecule has 2 spiro atoms. The molecule has 4 aliphatic heterocycles. The van der Waals surface area contributed by atoms with Gasteiger partial charge in [0, 0.05) is 17.3 Å². The van der Waals surface area contributed by atoms with E-state index >= 15 is 0 Å². The first-order chi connectivity index (χ1) is 16.5. The molecule has 0 bridgehead atoms. The van der Waals surface area contributed by atoms with Crippen LogP contribution in [0.15, 0.2) is 60.0 Å². The molecule has 0 radical (unpaired) electrons. The van der Waals surface area contributed by atoms with Crippen LogP contribution in [0.4, 0.5) is 11.4 Å². The Morgan fingerprint density at radius 1 is 1.00 bits per heavy atom. The lowest BCUT2D eigenvalue weighted by molar-refractivity contribution is -0.137. The van der Waals surface area contributed by atoms with Crippen molar-refractivity contribution in [1.29, 1.82) is 0 Å². The molecule has 2 N–H and O–H groups in total. The molecule has 1 aromatic heterocycles. The average molecular weight is 490 g/mol. The van der Waals surface area contributed by atoms with E-state index in [1.54, 1.807) is 6.07 Å². The number of anilines is 2. The maximum Gasteiger partial charge on any atom is 0.251 e. The average Bonchev–Trinajstić information content (AvgIpc) is 3.62. The third-order valence-corrected chi connectivity index (χ3v) is 9.33. The predicted octanol–water partition coefficient (Wildman–Crippen LogP) is 4.42. The molecular weight excluding hydrogens is 470 g/mol. The van der Waals surface area contributed by atoms with Gasteiger partial charge in [0.25, 0.3) is 5.91 Å². The van der Waals surface area contributed by atoms with Gasteiger partial charge in [0.1, 0.15) is 11.0 Å². The van der Waals surface area contributed by atoms with Gasteiger partial charge >= 0.3 is 0 Å². The maximum absolute atomic E-state index is 14.3. The second-order valence-electron chi connectivity index (χ2n) is 9.36. The Labute approximate surface area is 204 Å². The molecule has 5 heterocycles. The summed E-state index contributed by atoms with van der Waals surface area (Å²) in [5, 5.41) is 8.34. The fourth-order valence-corrected chi connectivity index (χ4v) is 8.07. The van der Waals surface area contributed by atoms with E-state index in [2.05, 4.69) is 15.5 Å². The van der Waals surface area contributed by atoms with Crippen LogP contribution in [0.3, 0.4) is 0 Å². The zero-order chi connectivity index (χ0) is 23.2. The molecule has 0 saturated carbocycles. The van der Waals surface area contributed by atoms with E-state index < -0.39 is 16.9 Å². The van der Waals surface area contributed by atoms with Crippen LogP contribution in [0.25, 0.3) is 0 Å². The number of nitrogens with zero attached hydrogens (tertiary/aromatic N) is 1. The molecular formula is C26H20ClN3O3S. The summed E-state index contributed by atoms with van der Waals surface area (Å²) < 4.78 is 0. The van der Waals surface area contributed by atoms with Gasteiger partial charge in [0.05, 0.1) is 21.5 Å². The largest absolute Gasteiger partial charge is 0.325 e. The van der Waals surface area contributed by atoms with Crippen LogP contribution < -0.4 is 10.6 Å². The van der Waals surface area contributed by atoms with E-state index in [1.165, 1.54) is 11.3 Å². The van der Waals surface area contributed by atoms with Crippen molar-refractivity contribution < 1.29 is 14.4 Å². The lowest BCUT2D eigenvalue weighted by Gasteiger charge is -2.43. The van der Waals surface area contributed by atoms with Crippen LogP contribution in [0.2, 0.25) is 5.02 Å². The molecule has 2 amide bonds. The highest BCUT2D eigenvalue weighted by Crippen LogP contribution is 2.68. The van der Waals surface area contributed by atoms with Crippen LogP contribution in [-0.4, -0.2) is 35.1 Å². The number of fused-ring (bicyclic) bond motifs is 7. The molecule has 2 saturated heterocycles. The van der Waals surface area contributed by atoms with Gasteiger partial charge in [-0.25, -0.2) is 0 Å². The van der Waals surface area contributed by atoms with Crippen molar-refractivity contribution >= 4 is 51.9 Å². The van der Waals surface area contributed by atoms with E-state index in [-0.39, 0.29) is 23.6 Å². The SMILES string of the molecule is O=C(c1cccs1)[C@@H]1[C@@H]2CCCN2[C@]2(C(=O)Nc3c(Cl)cccc32)[C@@]12C(=O)Nc1ccccc12. The van der Waals surface area contributed by atoms with Gasteiger partial charge in [-0.2, -0.15) is 0 Å².